The number of nitrogens with zero attached hydrogens (tertiary/aromatic N) is 2. The second kappa shape index (κ2) is 13.7. The molecule has 0 saturated heterocycles. The summed E-state index contributed by atoms with van der Waals surface area (Å²) in [7, 11) is -3.11. The quantitative estimate of drug-likeness (QED) is 0.183. The monoisotopic (exact) mass is 498 g/mol. The maximum Gasteiger partial charge on any atom is 0.435 e. The number of rotatable bonds is 11. The molecule has 0 aromatic carbocycles. The number of hydrogen-bond acceptors (Lipinski definition) is 8. The molecule has 0 heterocycles. The lowest BCUT2D eigenvalue weighted by atomic mass is 9.84. The number of hydrazine groups is 1. The van der Waals surface area contributed by atoms with Crippen LogP contribution in [0.1, 0.15) is 39.5 Å². The Morgan fingerprint density at radius 2 is 1.68 bits per heavy atom. The van der Waals surface area contributed by atoms with Crippen molar-refractivity contribution in [2.45, 2.75) is 45.6 Å². The molecule has 10 nitrogen and oxygen atoms in total. The van der Waals surface area contributed by atoms with E-state index in [1.54, 1.807) is 6.08 Å². The fourth-order valence-electron chi connectivity index (χ4n) is 3.45. The van der Waals surface area contributed by atoms with Gasteiger partial charge in [-0.15, -0.1) is 5.01 Å². The van der Waals surface area contributed by atoms with Crippen LogP contribution in [0.15, 0.2) is 48.6 Å². The van der Waals surface area contributed by atoms with Crippen LogP contribution in [0, 0.1) is 5.92 Å². The average Bonchev–Trinajstić information content (AvgIpc) is 2.77. The second-order valence-corrected chi connectivity index (χ2v) is 9.72. The molecule has 0 aliphatic heterocycles. The second-order valence-electron chi connectivity index (χ2n) is 7.88. The van der Waals surface area contributed by atoms with Gasteiger partial charge in [0.15, 0.2) is 0 Å². The van der Waals surface area contributed by atoms with Gasteiger partial charge in [-0.2, -0.15) is 0 Å². The first-order valence-electron chi connectivity index (χ1n) is 10.7. The maximum atomic E-state index is 12.9. The van der Waals surface area contributed by atoms with E-state index in [1.165, 1.54) is 19.3 Å². The summed E-state index contributed by atoms with van der Waals surface area (Å²) < 4.78 is 41.2. The summed E-state index contributed by atoms with van der Waals surface area (Å²) >= 11 is 0. The van der Waals surface area contributed by atoms with Crippen LogP contribution < -0.4 is 0 Å². The standard InChI is InChI=1S/C23H34N2O8S/c1-7-14-32-22(27)24(23(28)33-15-8-2)25(34(6,29)30)20-16-18(11-9-10-17(3)4)12-13-19(20)21(26)31-5/h7-8,10,16,19-20H,1-2,9,11-15H2,3-6H3/t19-,20-/m1/s1. The molecule has 1 aliphatic rings. The SMILES string of the molecule is C=CCOC(=O)N(C(=O)OCC=C)N([C@@H]1C=C(CCC=C(C)C)CC[C@H]1C(=O)OC)S(C)(=O)=O. The Hall–Kier alpha value is -2.92. The number of hydrogen-bond donors (Lipinski definition) is 0. The van der Waals surface area contributed by atoms with Crippen LogP contribution in [0.5, 0.6) is 0 Å². The van der Waals surface area contributed by atoms with Crippen LogP contribution >= 0.6 is 0 Å². The number of allylic oxidation sites excluding steroid dienone is 3. The third-order valence-electron chi connectivity index (χ3n) is 4.90. The Balaban J connectivity index is 3.60. The number of amides is 2. The van der Waals surface area contributed by atoms with Gasteiger partial charge in [-0.05, 0) is 39.5 Å². The highest BCUT2D eigenvalue weighted by atomic mass is 32.2. The predicted molar refractivity (Wildman–Crippen MR) is 127 cm³/mol. The lowest BCUT2D eigenvalue weighted by Crippen LogP contribution is -2.59. The summed E-state index contributed by atoms with van der Waals surface area (Å²) in [5.41, 5.74) is 2.02. The van der Waals surface area contributed by atoms with Crippen molar-refractivity contribution in [1.82, 2.24) is 9.42 Å². The zero-order valence-corrected chi connectivity index (χ0v) is 21.0. The average molecular weight is 499 g/mol. The minimum atomic E-state index is -4.29. The normalized spacial score (nSPS) is 17.7. The van der Waals surface area contributed by atoms with Crippen LogP contribution in [0.25, 0.3) is 0 Å². The summed E-state index contributed by atoms with van der Waals surface area (Å²) in [5.74, 6) is -1.63. The molecule has 0 aromatic rings. The maximum absolute atomic E-state index is 12.9. The number of carbonyl (C=O) groups excluding carboxylic acids is 3. The van der Waals surface area contributed by atoms with Gasteiger partial charge in [-0.3, -0.25) is 4.79 Å². The fraction of sp³-hybridized carbons (Fsp3) is 0.522. The van der Waals surface area contributed by atoms with Crippen molar-refractivity contribution in [2.75, 3.05) is 26.6 Å². The first-order chi connectivity index (χ1) is 16.0. The summed E-state index contributed by atoms with van der Waals surface area (Å²) in [4.78, 5) is 38.1. The van der Waals surface area contributed by atoms with Gasteiger partial charge in [0, 0.05) is 0 Å². The Morgan fingerprint density at radius 1 is 1.12 bits per heavy atom. The van der Waals surface area contributed by atoms with E-state index in [1.807, 2.05) is 19.9 Å². The smallest absolute Gasteiger partial charge is 0.435 e. The van der Waals surface area contributed by atoms with E-state index in [4.69, 9.17) is 14.2 Å². The van der Waals surface area contributed by atoms with Crippen LogP contribution in [-0.4, -0.2) is 68.6 Å². The number of esters is 1. The molecule has 1 aliphatic carbocycles. The lowest BCUT2D eigenvalue weighted by molar-refractivity contribution is -0.148. The van der Waals surface area contributed by atoms with E-state index in [2.05, 4.69) is 13.2 Å². The minimum Gasteiger partial charge on any atom is -0.469 e. The largest absolute Gasteiger partial charge is 0.469 e. The molecule has 190 valence electrons. The first kappa shape index (κ1) is 29.1. The third-order valence-corrected chi connectivity index (χ3v) is 5.99. The van der Waals surface area contributed by atoms with Gasteiger partial charge in [0.25, 0.3) is 0 Å². The van der Waals surface area contributed by atoms with Crippen molar-refractivity contribution in [1.29, 1.82) is 0 Å². The molecule has 0 unspecified atom stereocenters. The van der Waals surface area contributed by atoms with Crippen molar-refractivity contribution >= 4 is 28.2 Å². The van der Waals surface area contributed by atoms with Crippen LogP contribution in [0.2, 0.25) is 0 Å². The zero-order valence-electron chi connectivity index (χ0n) is 20.2. The molecule has 34 heavy (non-hydrogen) atoms. The van der Waals surface area contributed by atoms with Crippen LogP contribution in [0.4, 0.5) is 9.59 Å². The van der Waals surface area contributed by atoms with Crippen molar-refractivity contribution < 1.29 is 37.0 Å². The van der Waals surface area contributed by atoms with Gasteiger partial charge in [-0.25, -0.2) is 18.0 Å². The van der Waals surface area contributed by atoms with Crippen molar-refractivity contribution in [3.05, 3.63) is 48.6 Å². The molecule has 2 atom stereocenters. The zero-order chi connectivity index (χ0) is 25.9. The van der Waals surface area contributed by atoms with Crippen molar-refractivity contribution in [3.63, 3.8) is 0 Å². The Bertz CT molecular complexity index is 911. The summed E-state index contributed by atoms with van der Waals surface area (Å²) in [6.45, 7) is 10.2. The minimum absolute atomic E-state index is 0.248. The topological polar surface area (TPSA) is 120 Å². The summed E-state index contributed by atoms with van der Waals surface area (Å²) in [5, 5.41) is 0.248. The van der Waals surface area contributed by atoms with Gasteiger partial charge in [0.2, 0.25) is 10.0 Å². The molecule has 0 saturated carbocycles. The predicted octanol–water partition coefficient (Wildman–Crippen LogP) is 3.73. The van der Waals surface area contributed by atoms with Gasteiger partial charge in [0.1, 0.15) is 13.2 Å². The van der Waals surface area contributed by atoms with E-state index in [0.29, 0.717) is 17.3 Å². The number of imide groups is 1. The van der Waals surface area contributed by atoms with Gasteiger partial charge in [-0.1, -0.05) is 53.0 Å². The fourth-order valence-corrected chi connectivity index (χ4v) is 4.53. The Labute approximate surface area is 201 Å². The van der Waals surface area contributed by atoms with Crippen molar-refractivity contribution in [2.24, 2.45) is 5.92 Å². The molecular weight excluding hydrogens is 464 g/mol. The molecule has 2 amide bonds. The molecule has 0 radical (unpaired) electrons. The summed E-state index contributed by atoms with van der Waals surface area (Å²) in [6.07, 6.45) is 6.52. The van der Waals surface area contributed by atoms with Crippen molar-refractivity contribution in [3.8, 4) is 0 Å². The van der Waals surface area contributed by atoms with E-state index in [-0.39, 0.29) is 24.6 Å². The Kier molecular flexibility index (Phi) is 11.7. The first-order valence-corrected chi connectivity index (χ1v) is 12.6. The van der Waals surface area contributed by atoms with E-state index in [9.17, 15) is 22.8 Å². The lowest BCUT2D eigenvalue weighted by Gasteiger charge is -2.39. The molecule has 11 heteroatoms. The van der Waals surface area contributed by atoms with E-state index < -0.39 is 40.1 Å². The van der Waals surface area contributed by atoms with Crippen LogP contribution in [-0.2, 0) is 29.0 Å². The highest BCUT2D eigenvalue weighted by Crippen LogP contribution is 2.33. The molecule has 0 spiro atoms. The highest BCUT2D eigenvalue weighted by molar-refractivity contribution is 7.88. The van der Waals surface area contributed by atoms with Gasteiger partial charge < -0.3 is 14.2 Å². The van der Waals surface area contributed by atoms with Gasteiger partial charge >= 0.3 is 18.2 Å². The molecule has 0 N–H and O–H groups in total. The Morgan fingerprint density at radius 3 is 2.12 bits per heavy atom. The molecule has 0 bridgehead atoms. The summed E-state index contributed by atoms with van der Waals surface area (Å²) in [6, 6.07) is -1.22. The third kappa shape index (κ3) is 8.45. The van der Waals surface area contributed by atoms with Crippen LogP contribution in [0.3, 0.4) is 0 Å². The molecule has 0 fully saturated rings. The van der Waals surface area contributed by atoms with E-state index >= 15 is 0 Å². The molecule has 0 aromatic heterocycles. The number of carbonyl (C=O) groups is 3. The number of ether oxygens (including phenoxy) is 3. The molecular formula is C23H34N2O8S. The van der Waals surface area contributed by atoms with E-state index in [0.717, 1.165) is 23.8 Å². The molecule has 1 rings (SSSR count). The highest BCUT2D eigenvalue weighted by Gasteiger charge is 2.47. The number of sulfonamides is 1. The number of methoxy groups -OCH3 is 1. The van der Waals surface area contributed by atoms with Gasteiger partial charge in [0.05, 0.1) is 25.3 Å².